The van der Waals surface area contributed by atoms with Crippen molar-refractivity contribution in [3.8, 4) is 5.75 Å². The quantitative estimate of drug-likeness (QED) is 0.0266. The minimum absolute atomic E-state index is 0.106. The molecule has 7 rings (SSSR count). The van der Waals surface area contributed by atoms with Crippen molar-refractivity contribution in [2.45, 2.75) is 186 Å². The van der Waals surface area contributed by atoms with E-state index >= 15 is 4.39 Å². The van der Waals surface area contributed by atoms with Gasteiger partial charge in [0.25, 0.3) is 0 Å². The molecule has 25 unspecified atom stereocenters. The van der Waals surface area contributed by atoms with Crippen LogP contribution < -0.4 is 48.5 Å². The fourth-order valence-electron chi connectivity index (χ4n) is 11.2. The van der Waals surface area contributed by atoms with E-state index in [2.05, 4.69) is 36.6 Å². The monoisotopic (exact) mass is 1340 g/mol. The molecule has 94 heavy (non-hydrogen) atoms. The highest BCUT2D eigenvalue weighted by atomic mass is 19.1. The number of aliphatic hydroxyl groups is 13. The van der Waals surface area contributed by atoms with Gasteiger partial charge in [0.05, 0.1) is 57.6 Å². The summed E-state index contributed by atoms with van der Waals surface area (Å²) in [5, 5.41) is 153. The molecule has 5 heterocycles. The largest absolute Gasteiger partial charge is 0.459 e. The molecule has 3 saturated heterocycles. The first-order valence-electron chi connectivity index (χ1n) is 30.0. The van der Waals surface area contributed by atoms with E-state index in [9.17, 15) is 95.2 Å². The SMILES string of the molecule is CC(C)CC(=O)OC1C(OC2C(CO)OC(Oc3ccc(CC(NC(=O)C(N)C(C)c4ccccc4)C(=O)NC(C(=O)NC(C(=O)NC(C=O)CO)C(O)C4CN=C(N)N4C4OC(CO)C(O)C(O)C4O)C(O)C4CN=C(N)N4)cc3F)C(O)C2O)OC(CO)C(O)C1O. The molecule has 0 bridgehead atoms. The molecule has 37 heteroatoms. The average Bonchev–Trinajstić information content (AvgIpc) is 1.39. The van der Waals surface area contributed by atoms with Gasteiger partial charge < -0.3 is 148 Å². The predicted molar refractivity (Wildman–Crippen MR) is 315 cm³/mol. The van der Waals surface area contributed by atoms with Crippen LogP contribution in [-0.4, -0.2) is 305 Å². The second kappa shape index (κ2) is 33.1. The van der Waals surface area contributed by atoms with Crippen LogP contribution in [0.1, 0.15) is 44.2 Å². The summed E-state index contributed by atoms with van der Waals surface area (Å²) < 4.78 is 50.3. The Bertz CT molecular complexity index is 2960. The molecule has 25 atom stereocenters. The zero-order valence-corrected chi connectivity index (χ0v) is 51.0. The van der Waals surface area contributed by atoms with Gasteiger partial charge in [0.1, 0.15) is 110 Å². The summed E-state index contributed by atoms with van der Waals surface area (Å²) in [6, 6.07) is -1.05. The highest BCUT2D eigenvalue weighted by Gasteiger charge is 2.55. The average molecular weight is 1340 g/mol. The third-order valence-corrected chi connectivity index (χ3v) is 16.6. The molecule has 0 radical (unpaired) electrons. The molecule has 5 aliphatic rings. The number of carbonyl (C=O) groups excluding carboxylic acids is 6. The van der Waals surface area contributed by atoms with Crippen LogP contribution >= 0.6 is 0 Å². The van der Waals surface area contributed by atoms with E-state index in [1.54, 1.807) is 51.1 Å². The van der Waals surface area contributed by atoms with Crippen LogP contribution in [0.2, 0.25) is 0 Å². The first kappa shape index (κ1) is 74.4. The van der Waals surface area contributed by atoms with Gasteiger partial charge in [-0.25, -0.2) is 4.39 Å². The van der Waals surface area contributed by atoms with Gasteiger partial charge in [-0.3, -0.25) is 34.0 Å². The van der Waals surface area contributed by atoms with E-state index in [0.717, 1.165) is 17.0 Å². The van der Waals surface area contributed by atoms with Crippen molar-refractivity contribution in [2.75, 3.05) is 39.5 Å². The lowest BCUT2D eigenvalue weighted by molar-refractivity contribution is -0.353. The first-order valence-corrected chi connectivity index (χ1v) is 30.0. The van der Waals surface area contributed by atoms with E-state index in [-0.39, 0.29) is 36.7 Å². The highest BCUT2D eigenvalue weighted by Crippen LogP contribution is 2.34. The Balaban J connectivity index is 1.16. The molecule has 2 aromatic rings. The maximum atomic E-state index is 16.4. The molecule has 0 aromatic heterocycles. The van der Waals surface area contributed by atoms with Crippen LogP contribution in [0.4, 0.5) is 4.39 Å². The lowest BCUT2D eigenvalue weighted by Gasteiger charge is -2.46. The molecular formula is C57H84FN11O25. The molecule has 36 nitrogen and oxygen atoms in total. The Morgan fingerprint density at radius 1 is 0.713 bits per heavy atom. The number of amides is 4. The standard InChI is InChI=1S/C57H84FN11O25/c1-21(2)11-34(75)93-48-43(81)41(79)32(19-73)91-55(48)94-47-33(20-74)92-54(46(84)44(47)82)90-30-10-9-23(12-26(30)58)13-27(65-50(86)35(59)22(3)24-7-5-4-6-8-24)49(85)67-36(38(76)28-14-62-56(60)66-28)52(88)68-37(51(87)64-25(16-70)17-71)39(77)29-15-63-57(61)69(29)53-45(83)42(80)40(78)31(18-72)89-53/h4-10,12,16,21-22,25,27-29,31-33,35-48,53-55,71-74,76-84H,11,13-15,17-20,59H2,1-3H3,(H2,61,63)(H,64,87)(H,65,86)(H,67,85)(H,68,88)(H3,60,62,66). The summed E-state index contributed by atoms with van der Waals surface area (Å²) in [7, 11) is 0. The van der Waals surface area contributed by atoms with Crippen LogP contribution in [0.5, 0.6) is 5.75 Å². The van der Waals surface area contributed by atoms with Gasteiger partial charge in [-0.1, -0.05) is 57.2 Å². The number of aliphatic imine (C=N–C) groups is 2. The first-order chi connectivity index (χ1) is 44.6. The van der Waals surface area contributed by atoms with Crippen LogP contribution in [0.15, 0.2) is 58.5 Å². The van der Waals surface area contributed by atoms with Crippen LogP contribution in [0.3, 0.4) is 0 Å². The lowest BCUT2D eigenvalue weighted by Crippen LogP contribution is -2.70. The van der Waals surface area contributed by atoms with Crippen molar-refractivity contribution in [1.82, 2.24) is 31.5 Å². The number of ether oxygens (including phenoxy) is 6. The Labute approximate surface area is 535 Å². The number of aliphatic hydroxyl groups excluding tert-OH is 13. The number of hydrogen-bond donors (Lipinski definition) is 21. The molecule has 24 N–H and O–H groups in total. The molecule has 0 aliphatic carbocycles. The van der Waals surface area contributed by atoms with Gasteiger partial charge in [-0.2, -0.15) is 0 Å². The van der Waals surface area contributed by atoms with Crippen molar-refractivity contribution in [3.63, 3.8) is 0 Å². The molecule has 2 aromatic carbocycles. The van der Waals surface area contributed by atoms with Crippen molar-refractivity contribution < 1.29 is 128 Å². The topological polar surface area (TPSA) is 587 Å². The van der Waals surface area contributed by atoms with Crippen LogP contribution in [0.25, 0.3) is 0 Å². The number of nitrogens with zero attached hydrogens (tertiary/aromatic N) is 3. The number of halogens is 1. The van der Waals surface area contributed by atoms with Gasteiger partial charge >= 0.3 is 5.97 Å². The maximum Gasteiger partial charge on any atom is 0.306 e. The fourth-order valence-corrected chi connectivity index (χ4v) is 11.2. The zero-order valence-electron chi connectivity index (χ0n) is 51.0. The minimum Gasteiger partial charge on any atom is -0.459 e. The Morgan fingerprint density at radius 3 is 1.93 bits per heavy atom. The molecule has 524 valence electrons. The number of guanidine groups is 2. The number of esters is 1. The van der Waals surface area contributed by atoms with E-state index in [1.807, 2.05) is 0 Å². The second-order valence-corrected chi connectivity index (χ2v) is 23.7. The summed E-state index contributed by atoms with van der Waals surface area (Å²) in [5.41, 5.74) is 19.0. The summed E-state index contributed by atoms with van der Waals surface area (Å²) in [6.45, 7) is 0.357. The van der Waals surface area contributed by atoms with Crippen molar-refractivity contribution >= 4 is 47.8 Å². The number of hydrogen-bond acceptors (Lipinski definition) is 32. The van der Waals surface area contributed by atoms with Gasteiger partial charge in [-0.15, -0.1) is 0 Å². The molecule has 5 aliphatic heterocycles. The summed E-state index contributed by atoms with van der Waals surface area (Å²) in [6.07, 6.45) is -32.8. The second-order valence-electron chi connectivity index (χ2n) is 23.7. The molecule has 0 spiro atoms. The Hall–Kier alpha value is -6.99. The van der Waals surface area contributed by atoms with E-state index < -0.39 is 239 Å². The zero-order chi connectivity index (χ0) is 69.2. The third kappa shape index (κ3) is 17.3. The number of benzene rings is 2. The number of carbonyl (C=O) groups is 6. The smallest absolute Gasteiger partial charge is 0.306 e. The Morgan fingerprint density at radius 2 is 1.32 bits per heavy atom. The number of nitrogens with one attached hydrogen (secondary N) is 5. The van der Waals surface area contributed by atoms with Crippen LogP contribution in [0, 0.1) is 11.7 Å². The minimum atomic E-state index is -2.31. The fraction of sp³-hybridized carbons (Fsp3) is 0.649. The van der Waals surface area contributed by atoms with Crippen molar-refractivity contribution in [1.29, 1.82) is 0 Å². The maximum absolute atomic E-state index is 16.4. The highest BCUT2D eigenvalue weighted by molar-refractivity contribution is 5.96. The molecule has 3 fully saturated rings. The predicted octanol–water partition coefficient (Wildman–Crippen LogP) is -11.0. The normalized spacial score (nSPS) is 32.0. The van der Waals surface area contributed by atoms with E-state index in [4.69, 9.17) is 45.6 Å². The number of rotatable bonds is 29. The number of aldehydes is 1. The van der Waals surface area contributed by atoms with E-state index in [1.165, 1.54) is 6.07 Å². The summed E-state index contributed by atoms with van der Waals surface area (Å²) >= 11 is 0. The summed E-state index contributed by atoms with van der Waals surface area (Å²) in [4.78, 5) is 91.7. The van der Waals surface area contributed by atoms with Gasteiger partial charge in [0.15, 0.2) is 42.1 Å². The van der Waals surface area contributed by atoms with Crippen molar-refractivity contribution in [3.05, 3.63) is 65.5 Å². The molecular weight excluding hydrogens is 1260 g/mol. The molecule has 4 amide bonds. The Kier molecular flexibility index (Phi) is 26.2. The van der Waals surface area contributed by atoms with E-state index in [0.29, 0.717) is 5.56 Å². The van der Waals surface area contributed by atoms with Gasteiger partial charge in [0, 0.05) is 18.8 Å². The van der Waals surface area contributed by atoms with Crippen LogP contribution in [-0.2, 0) is 58.9 Å². The third-order valence-electron chi connectivity index (χ3n) is 16.6. The van der Waals surface area contributed by atoms with Gasteiger partial charge in [-0.05, 0) is 29.2 Å². The van der Waals surface area contributed by atoms with Gasteiger partial charge in [0.2, 0.25) is 29.9 Å². The van der Waals surface area contributed by atoms with Crippen molar-refractivity contribution in [2.24, 2.45) is 33.1 Å². The molecule has 0 saturated carbocycles. The number of nitrogens with two attached hydrogens (primary N) is 3. The summed E-state index contributed by atoms with van der Waals surface area (Å²) in [5.74, 6) is -9.58. The lowest BCUT2D eigenvalue weighted by atomic mass is 9.93.